The van der Waals surface area contributed by atoms with Crippen molar-refractivity contribution in [2.45, 2.75) is 25.9 Å². The average Bonchev–Trinajstić information content (AvgIpc) is 3.13. The van der Waals surface area contributed by atoms with Gasteiger partial charge in [-0.3, -0.25) is 5.10 Å². The highest BCUT2D eigenvalue weighted by Crippen LogP contribution is 2.21. The lowest BCUT2D eigenvalue weighted by Gasteiger charge is -2.23. The van der Waals surface area contributed by atoms with Gasteiger partial charge in [-0.2, -0.15) is 10.1 Å². The fraction of sp³-hybridized carbons (Fsp3) is 0.286. The molecule has 3 heterocycles. The second kappa shape index (κ2) is 8.83. The van der Waals surface area contributed by atoms with Gasteiger partial charge < -0.3 is 15.4 Å². The summed E-state index contributed by atoms with van der Waals surface area (Å²) in [5.74, 6) is 2.00. The highest BCUT2D eigenvalue weighted by Gasteiger charge is 2.16. The van der Waals surface area contributed by atoms with Crippen LogP contribution in [0.3, 0.4) is 0 Å². The smallest absolute Gasteiger partial charge is 0.219 e. The summed E-state index contributed by atoms with van der Waals surface area (Å²) in [4.78, 5) is 9.06. The summed E-state index contributed by atoms with van der Waals surface area (Å²) in [6, 6.07) is 9.92. The molecule has 8 heteroatoms. The number of piperidine rings is 1. The second-order valence-corrected chi connectivity index (χ2v) is 6.96. The molecular formula is C21H23FN6O. The van der Waals surface area contributed by atoms with Crippen LogP contribution in [0.25, 0.3) is 12.2 Å². The van der Waals surface area contributed by atoms with E-state index in [1.54, 1.807) is 24.3 Å². The molecule has 0 amide bonds. The number of benzene rings is 1. The quantitative estimate of drug-likeness (QED) is 0.591. The monoisotopic (exact) mass is 394 g/mol. The lowest BCUT2D eigenvalue weighted by atomic mass is 10.1. The van der Waals surface area contributed by atoms with Crippen LogP contribution >= 0.6 is 0 Å². The van der Waals surface area contributed by atoms with E-state index in [2.05, 4.69) is 30.8 Å². The Balaban J connectivity index is 1.58. The molecule has 1 aliphatic rings. The van der Waals surface area contributed by atoms with Crippen LogP contribution in [0.1, 0.15) is 29.9 Å². The molecule has 2 aromatic heterocycles. The zero-order valence-corrected chi connectivity index (χ0v) is 16.2. The van der Waals surface area contributed by atoms with Gasteiger partial charge in [0.1, 0.15) is 17.7 Å². The van der Waals surface area contributed by atoms with Gasteiger partial charge in [-0.15, -0.1) is 0 Å². The molecular weight excluding hydrogens is 371 g/mol. The third-order valence-electron chi connectivity index (χ3n) is 4.55. The molecule has 0 atom stereocenters. The van der Waals surface area contributed by atoms with Crippen molar-refractivity contribution in [3.05, 3.63) is 59.3 Å². The minimum absolute atomic E-state index is 0.126. The lowest BCUT2D eigenvalue weighted by molar-refractivity contribution is 0.155. The van der Waals surface area contributed by atoms with Gasteiger partial charge >= 0.3 is 0 Å². The van der Waals surface area contributed by atoms with Crippen LogP contribution in [0.5, 0.6) is 5.88 Å². The van der Waals surface area contributed by atoms with Gasteiger partial charge in [0.05, 0.1) is 0 Å². The van der Waals surface area contributed by atoms with E-state index in [-0.39, 0.29) is 11.9 Å². The number of aromatic amines is 1. The summed E-state index contributed by atoms with van der Waals surface area (Å²) in [7, 11) is 0. The molecule has 0 bridgehead atoms. The largest absolute Gasteiger partial charge is 0.474 e. The van der Waals surface area contributed by atoms with Crippen LogP contribution in [-0.4, -0.2) is 39.4 Å². The summed E-state index contributed by atoms with van der Waals surface area (Å²) in [6.07, 6.45) is 5.62. The average molecular weight is 394 g/mol. The minimum Gasteiger partial charge on any atom is -0.474 e. The number of aromatic nitrogens is 4. The van der Waals surface area contributed by atoms with Crippen LogP contribution in [0, 0.1) is 12.7 Å². The van der Waals surface area contributed by atoms with Crippen LogP contribution < -0.4 is 15.4 Å². The third kappa shape index (κ3) is 5.39. The number of anilines is 2. The van der Waals surface area contributed by atoms with E-state index >= 15 is 0 Å². The Morgan fingerprint density at radius 1 is 1.07 bits per heavy atom. The number of hydrogen-bond donors (Lipinski definition) is 3. The molecule has 7 nitrogen and oxygen atoms in total. The summed E-state index contributed by atoms with van der Waals surface area (Å²) in [6.45, 7) is 3.80. The Labute approximate surface area is 168 Å². The molecule has 0 aliphatic carbocycles. The number of nitrogens with zero attached hydrogens (tertiary/aromatic N) is 3. The standard InChI is InChI=1S/C21H23FN6O/c1-14-12-20(28-27-14)25-19-13-21(29-17-8-10-23-11-9-17)26-18(24-19)7-4-15-2-5-16(22)6-3-15/h2-7,12-13,17,23H,8-11H2,1H3,(H2,24,25,26,27,28)/b7-4+. The highest BCUT2D eigenvalue weighted by molar-refractivity contribution is 5.67. The van der Waals surface area contributed by atoms with Crippen molar-refractivity contribution in [1.29, 1.82) is 0 Å². The van der Waals surface area contributed by atoms with Crippen molar-refractivity contribution in [1.82, 2.24) is 25.5 Å². The predicted octanol–water partition coefficient (Wildman–Crippen LogP) is 3.69. The molecule has 4 rings (SSSR count). The van der Waals surface area contributed by atoms with Gasteiger partial charge in [0, 0.05) is 17.8 Å². The second-order valence-electron chi connectivity index (χ2n) is 6.96. The molecule has 0 saturated carbocycles. The normalized spacial score (nSPS) is 15.0. The van der Waals surface area contributed by atoms with Crippen molar-refractivity contribution >= 4 is 23.8 Å². The van der Waals surface area contributed by atoms with E-state index in [4.69, 9.17) is 4.74 Å². The first-order valence-electron chi connectivity index (χ1n) is 9.63. The Morgan fingerprint density at radius 2 is 1.86 bits per heavy atom. The summed E-state index contributed by atoms with van der Waals surface area (Å²) < 4.78 is 19.2. The van der Waals surface area contributed by atoms with Gasteiger partial charge in [0.15, 0.2) is 11.6 Å². The molecule has 0 spiro atoms. The van der Waals surface area contributed by atoms with E-state index < -0.39 is 0 Å². The number of ether oxygens (including phenoxy) is 1. The third-order valence-corrected chi connectivity index (χ3v) is 4.55. The molecule has 3 aromatic rings. The molecule has 0 radical (unpaired) electrons. The number of H-pyrrole nitrogens is 1. The topological polar surface area (TPSA) is 87.8 Å². The van der Waals surface area contributed by atoms with Gasteiger partial charge in [0.25, 0.3) is 0 Å². The number of aryl methyl sites for hydroxylation is 1. The molecule has 3 N–H and O–H groups in total. The maximum atomic E-state index is 13.1. The zero-order valence-electron chi connectivity index (χ0n) is 16.2. The first-order valence-corrected chi connectivity index (χ1v) is 9.63. The first kappa shape index (κ1) is 19.1. The highest BCUT2D eigenvalue weighted by atomic mass is 19.1. The first-order chi connectivity index (χ1) is 14.1. The Bertz CT molecular complexity index is 979. The molecule has 1 aromatic carbocycles. The van der Waals surface area contributed by atoms with E-state index in [9.17, 15) is 4.39 Å². The van der Waals surface area contributed by atoms with Crippen LogP contribution in [0.15, 0.2) is 36.4 Å². The predicted molar refractivity (Wildman–Crippen MR) is 110 cm³/mol. The van der Waals surface area contributed by atoms with E-state index in [1.807, 2.05) is 19.1 Å². The maximum absolute atomic E-state index is 13.1. The summed E-state index contributed by atoms with van der Waals surface area (Å²) in [5, 5.41) is 13.6. The van der Waals surface area contributed by atoms with Crippen LogP contribution in [0.4, 0.5) is 16.0 Å². The van der Waals surface area contributed by atoms with Gasteiger partial charge in [-0.25, -0.2) is 9.37 Å². The van der Waals surface area contributed by atoms with Crippen molar-refractivity contribution < 1.29 is 9.13 Å². The van der Waals surface area contributed by atoms with Gasteiger partial charge in [-0.1, -0.05) is 18.2 Å². The number of nitrogens with one attached hydrogen (secondary N) is 3. The van der Waals surface area contributed by atoms with Crippen molar-refractivity contribution in [2.75, 3.05) is 18.4 Å². The molecule has 150 valence electrons. The lowest BCUT2D eigenvalue weighted by Crippen LogP contribution is -2.34. The maximum Gasteiger partial charge on any atom is 0.219 e. The number of rotatable bonds is 6. The number of halogens is 1. The Hall–Kier alpha value is -3.26. The van der Waals surface area contributed by atoms with Crippen molar-refractivity contribution in [3.8, 4) is 5.88 Å². The van der Waals surface area contributed by atoms with Crippen LogP contribution in [-0.2, 0) is 0 Å². The summed E-state index contributed by atoms with van der Waals surface area (Å²) in [5.41, 5.74) is 1.81. The van der Waals surface area contributed by atoms with E-state index in [1.165, 1.54) is 12.1 Å². The molecule has 1 aliphatic heterocycles. The van der Waals surface area contributed by atoms with E-state index in [0.29, 0.717) is 23.3 Å². The Kier molecular flexibility index (Phi) is 5.81. The Morgan fingerprint density at radius 3 is 2.59 bits per heavy atom. The fourth-order valence-corrected chi connectivity index (χ4v) is 3.08. The van der Waals surface area contributed by atoms with E-state index in [0.717, 1.165) is 37.2 Å². The molecule has 1 saturated heterocycles. The summed E-state index contributed by atoms with van der Waals surface area (Å²) >= 11 is 0. The van der Waals surface area contributed by atoms with Crippen molar-refractivity contribution in [2.24, 2.45) is 0 Å². The van der Waals surface area contributed by atoms with Crippen LogP contribution in [0.2, 0.25) is 0 Å². The zero-order chi connectivity index (χ0) is 20.1. The number of hydrogen-bond acceptors (Lipinski definition) is 6. The molecule has 1 fully saturated rings. The SMILES string of the molecule is Cc1cc(Nc2cc(OC3CCNCC3)nc(/C=C/c3ccc(F)cc3)n2)n[nH]1. The minimum atomic E-state index is -0.267. The molecule has 29 heavy (non-hydrogen) atoms. The molecule has 0 unspecified atom stereocenters. The van der Waals surface area contributed by atoms with Gasteiger partial charge in [0.2, 0.25) is 5.88 Å². The fourth-order valence-electron chi connectivity index (χ4n) is 3.08. The van der Waals surface area contributed by atoms with Gasteiger partial charge in [-0.05, 0) is 56.6 Å². The van der Waals surface area contributed by atoms with Crippen molar-refractivity contribution in [3.63, 3.8) is 0 Å².